The zero-order valence-corrected chi connectivity index (χ0v) is 15.3. The number of benzene rings is 1. The Balaban J connectivity index is 2.91. The van der Waals surface area contributed by atoms with Crippen LogP contribution in [-0.4, -0.2) is 8.32 Å². The van der Waals surface area contributed by atoms with E-state index in [0.717, 1.165) is 19.3 Å². The molecule has 0 atom stereocenters. The minimum Gasteiger partial charge on any atom is -0.549 e. The van der Waals surface area contributed by atoms with Gasteiger partial charge in [-0.25, -0.2) is 0 Å². The molecule has 0 heterocycles. The van der Waals surface area contributed by atoms with E-state index in [2.05, 4.69) is 70.8 Å². The van der Waals surface area contributed by atoms with E-state index in [-0.39, 0.29) is 5.04 Å². The summed E-state index contributed by atoms with van der Waals surface area (Å²) in [7, 11) is -1.74. The molecule has 0 unspecified atom stereocenters. The third kappa shape index (κ3) is 5.54. The normalized spacial score (nSPS) is 13.1. The number of hydrogen-bond acceptors (Lipinski definition) is 1. The van der Waals surface area contributed by atoms with E-state index in [0.29, 0.717) is 0 Å². The first-order valence-electron chi connectivity index (χ1n) is 7.81. The summed E-state index contributed by atoms with van der Waals surface area (Å²) in [5.41, 5.74) is 2.56. The smallest absolute Gasteiger partial charge is 0.249 e. The summed E-state index contributed by atoms with van der Waals surface area (Å²) in [5.74, 6) is 0. The molecule has 1 rings (SSSR count). The van der Waals surface area contributed by atoms with Gasteiger partial charge in [-0.3, -0.25) is 0 Å². The Morgan fingerprint density at radius 1 is 1.19 bits per heavy atom. The molecular formula is C19H30OSi. The number of unbranched alkanes of at least 4 members (excludes halogenated alkanes) is 1. The molecule has 21 heavy (non-hydrogen) atoms. The molecule has 0 aromatic heterocycles. The van der Waals surface area contributed by atoms with Gasteiger partial charge in [0.05, 0.1) is 6.26 Å². The maximum atomic E-state index is 6.29. The summed E-state index contributed by atoms with van der Waals surface area (Å²) >= 11 is 0. The number of allylic oxidation sites excluding steroid dienone is 2. The first-order valence-corrected chi connectivity index (χ1v) is 10.7. The van der Waals surface area contributed by atoms with Crippen molar-refractivity contribution in [3.05, 3.63) is 54.8 Å². The van der Waals surface area contributed by atoms with Gasteiger partial charge in [-0.15, -0.1) is 6.58 Å². The zero-order chi connectivity index (χ0) is 15.9. The van der Waals surface area contributed by atoms with E-state index in [1.54, 1.807) is 0 Å². The molecule has 0 radical (unpaired) electrons. The standard InChI is InChI=1S/C19H30OSi/c1-7-8-10-15-18(17-13-11-9-12-14-17)16-20-21(5,6)19(2,3)4/h7,9,11-14,16H,1,8,10,15H2,2-6H3/b18-16-. The third-order valence-electron chi connectivity index (χ3n) is 4.30. The van der Waals surface area contributed by atoms with Gasteiger partial charge in [0.25, 0.3) is 0 Å². The molecule has 0 amide bonds. The van der Waals surface area contributed by atoms with Crippen molar-refractivity contribution in [3.8, 4) is 0 Å². The maximum absolute atomic E-state index is 6.29. The zero-order valence-electron chi connectivity index (χ0n) is 14.3. The highest BCUT2D eigenvalue weighted by Crippen LogP contribution is 2.37. The van der Waals surface area contributed by atoms with Crippen LogP contribution in [0.4, 0.5) is 0 Å². The lowest BCUT2D eigenvalue weighted by molar-refractivity contribution is 0.430. The second-order valence-electron chi connectivity index (χ2n) is 7.07. The fourth-order valence-corrected chi connectivity index (χ4v) is 2.55. The van der Waals surface area contributed by atoms with Crippen molar-refractivity contribution in [3.63, 3.8) is 0 Å². The average Bonchev–Trinajstić information content (AvgIpc) is 2.42. The van der Waals surface area contributed by atoms with Gasteiger partial charge in [-0.2, -0.15) is 0 Å². The van der Waals surface area contributed by atoms with Gasteiger partial charge in [-0.05, 0) is 48.5 Å². The Morgan fingerprint density at radius 2 is 1.81 bits per heavy atom. The van der Waals surface area contributed by atoms with Crippen molar-refractivity contribution in [2.45, 2.75) is 58.2 Å². The summed E-state index contributed by atoms with van der Waals surface area (Å²) in [6, 6.07) is 10.6. The van der Waals surface area contributed by atoms with Crippen LogP contribution in [0.1, 0.15) is 45.6 Å². The maximum Gasteiger partial charge on any atom is 0.249 e. The molecule has 0 aliphatic rings. The number of rotatable bonds is 7. The average molecular weight is 303 g/mol. The molecule has 0 saturated heterocycles. The van der Waals surface area contributed by atoms with Gasteiger partial charge in [0.2, 0.25) is 8.32 Å². The first-order chi connectivity index (χ1) is 9.78. The quantitative estimate of drug-likeness (QED) is 0.245. The molecule has 1 nitrogen and oxygen atoms in total. The van der Waals surface area contributed by atoms with Gasteiger partial charge in [0.1, 0.15) is 0 Å². The summed E-state index contributed by atoms with van der Waals surface area (Å²) in [5, 5.41) is 0.229. The largest absolute Gasteiger partial charge is 0.549 e. The van der Waals surface area contributed by atoms with Gasteiger partial charge in [0, 0.05) is 0 Å². The van der Waals surface area contributed by atoms with Crippen LogP contribution in [0.3, 0.4) is 0 Å². The highest BCUT2D eigenvalue weighted by molar-refractivity contribution is 6.74. The van der Waals surface area contributed by atoms with Crippen LogP contribution in [0.25, 0.3) is 5.57 Å². The van der Waals surface area contributed by atoms with E-state index in [4.69, 9.17) is 4.43 Å². The molecule has 0 aliphatic heterocycles. The van der Waals surface area contributed by atoms with Crippen LogP contribution >= 0.6 is 0 Å². The molecule has 1 aromatic rings. The van der Waals surface area contributed by atoms with Crippen LogP contribution < -0.4 is 0 Å². The van der Waals surface area contributed by atoms with Crippen molar-refractivity contribution in [1.82, 2.24) is 0 Å². The monoisotopic (exact) mass is 302 g/mol. The Kier molecular flexibility index (Phi) is 6.47. The predicted molar refractivity (Wildman–Crippen MR) is 96.7 cm³/mol. The molecule has 0 bridgehead atoms. The van der Waals surface area contributed by atoms with Gasteiger partial charge in [0.15, 0.2) is 0 Å². The van der Waals surface area contributed by atoms with E-state index < -0.39 is 8.32 Å². The minimum absolute atomic E-state index is 0.229. The Morgan fingerprint density at radius 3 is 2.33 bits per heavy atom. The molecule has 1 aromatic carbocycles. The first kappa shape index (κ1) is 17.8. The fourth-order valence-electron chi connectivity index (χ4n) is 1.76. The van der Waals surface area contributed by atoms with E-state index >= 15 is 0 Å². The Bertz CT molecular complexity index is 466. The van der Waals surface area contributed by atoms with Crippen molar-refractivity contribution in [1.29, 1.82) is 0 Å². The van der Waals surface area contributed by atoms with Crippen LogP contribution in [0.2, 0.25) is 18.1 Å². The second-order valence-corrected chi connectivity index (χ2v) is 11.8. The number of hydrogen-bond donors (Lipinski definition) is 0. The van der Waals surface area contributed by atoms with Gasteiger partial charge in [-0.1, -0.05) is 57.2 Å². The lowest BCUT2D eigenvalue weighted by Gasteiger charge is -2.35. The molecule has 0 aliphatic carbocycles. The molecule has 116 valence electrons. The van der Waals surface area contributed by atoms with Crippen molar-refractivity contribution in [2.24, 2.45) is 0 Å². The van der Waals surface area contributed by atoms with E-state index in [1.807, 2.05) is 12.3 Å². The Labute approximate surface area is 131 Å². The highest BCUT2D eigenvalue weighted by Gasteiger charge is 2.38. The van der Waals surface area contributed by atoms with Crippen LogP contribution in [0.5, 0.6) is 0 Å². The SMILES string of the molecule is C=CCCC/C(=C/O[Si](C)(C)C(C)(C)C)c1ccccc1. The summed E-state index contributed by atoms with van der Waals surface area (Å²) < 4.78 is 6.29. The Hall–Kier alpha value is -1.28. The minimum atomic E-state index is -1.74. The summed E-state index contributed by atoms with van der Waals surface area (Å²) in [6.07, 6.45) is 7.20. The van der Waals surface area contributed by atoms with Crippen molar-refractivity contribution >= 4 is 13.9 Å². The molecule has 0 fully saturated rings. The lowest BCUT2D eigenvalue weighted by Crippen LogP contribution is -2.39. The lowest BCUT2D eigenvalue weighted by atomic mass is 10.0. The fraction of sp³-hybridized carbons (Fsp3) is 0.474. The molecule has 0 spiro atoms. The van der Waals surface area contributed by atoms with Gasteiger partial charge < -0.3 is 4.43 Å². The second kappa shape index (κ2) is 7.65. The topological polar surface area (TPSA) is 9.23 Å². The molecule has 0 saturated carbocycles. The molecule has 2 heteroatoms. The summed E-state index contributed by atoms with van der Waals surface area (Å²) in [6.45, 7) is 15.2. The van der Waals surface area contributed by atoms with Crippen LogP contribution in [0, 0.1) is 0 Å². The van der Waals surface area contributed by atoms with E-state index in [1.165, 1.54) is 11.1 Å². The van der Waals surface area contributed by atoms with Crippen molar-refractivity contribution in [2.75, 3.05) is 0 Å². The van der Waals surface area contributed by atoms with Gasteiger partial charge >= 0.3 is 0 Å². The van der Waals surface area contributed by atoms with Crippen molar-refractivity contribution < 1.29 is 4.43 Å². The molecular weight excluding hydrogens is 272 g/mol. The molecule has 0 N–H and O–H groups in total. The van der Waals surface area contributed by atoms with E-state index in [9.17, 15) is 0 Å². The highest BCUT2D eigenvalue weighted by atomic mass is 28.4. The van der Waals surface area contributed by atoms with Crippen LogP contribution in [-0.2, 0) is 4.43 Å². The third-order valence-corrected chi connectivity index (χ3v) is 8.62. The summed E-state index contributed by atoms with van der Waals surface area (Å²) in [4.78, 5) is 0. The van der Waals surface area contributed by atoms with Crippen LogP contribution in [0.15, 0.2) is 49.2 Å². The predicted octanol–water partition coefficient (Wildman–Crippen LogP) is 6.41.